The monoisotopic (exact) mass is 321 g/mol. The van der Waals surface area contributed by atoms with Crippen molar-refractivity contribution in [3.05, 3.63) is 34.9 Å². The van der Waals surface area contributed by atoms with Gasteiger partial charge in [0.05, 0.1) is 5.54 Å². The summed E-state index contributed by atoms with van der Waals surface area (Å²) in [5.41, 5.74) is 5.94. The van der Waals surface area contributed by atoms with Crippen LogP contribution in [0, 0.1) is 0 Å². The third-order valence-corrected chi connectivity index (χ3v) is 4.59. The topological polar surface area (TPSA) is 66.6 Å². The lowest BCUT2D eigenvalue weighted by Crippen LogP contribution is -2.47. The maximum Gasteiger partial charge on any atom is 0.253 e. The first-order valence-corrected chi connectivity index (χ1v) is 8.00. The Hall–Kier alpha value is -1.59. The summed E-state index contributed by atoms with van der Waals surface area (Å²) in [4.78, 5) is 28.4. The second kappa shape index (κ2) is 5.89. The Balaban J connectivity index is 1.65. The van der Waals surface area contributed by atoms with Crippen molar-refractivity contribution in [3.8, 4) is 0 Å². The third kappa shape index (κ3) is 3.10. The predicted octanol–water partition coefficient (Wildman–Crippen LogP) is 1.51. The van der Waals surface area contributed by atoms with Gasteiger partial charge in [-0.05, 0) is 37.5 Å². The number of carbonyl (C=O) groups is 2. The zero-order valence-corrected chi connectivity index (χ0v) is 13.2. The molecule has 2 amide bonds. The molecule has 2 aliphatic rings. The van der Waals surface area contributed by atoms with Crippen LogP contribution in [-0.2, 0) is 4.79 Å². The molecule has 1 aliphatic heterocycles. The largest absolute Gasteiger partial charge is 0.339 e. The lowest BCUT2D eigenvalue weighted by molar-refractivity contribution is -0.133. The van der Waals surface area contributed by atoms with Crippen LogP contribution in [0.15, 0.2) is 24.3 Å². The number of rotatable bonds is 2. The van der Waals surface area contributed by atoms with Crippen LogP contribution in [0.3, 0.4) is 0 Å². The Morgan fingerprint density at radius 1 is 1.09 bits per heavy atom. The molecule has 0 bridgehead atoms. The van der Waals surface area contributed by atoms with Gasteiger partial charge in [-0.15, -0.1) is 0 Å². The van der Waals surface area contributed by atoms with Crippen molar-refractivity contribution in [2.75, 3.05) is 26.2 Å². The summed E-state index contributed by atoms with van der Waals surface area (Å²) >= 11 is 5.94. The molecule has 0 radical (unpaired) electrons. The summed E-state index contributed by atoms with van der Waals surface area (Å²) < 4.78 is 0. The van der Waals surface area contributed by atoms with Crippen LogP contribution in [0.5, 0.6) is 0 Å². The molecule has 1 heterocycles. The number of halogens is 1. The molecule has 1 saturated carbocycles. The van der Waals surface area contributed by atoms with Crippen molar-refractivity contribution >= 4 is 23.4 Å². The van der Waals surface area contributed by atoms with Gasteiger partial charge in [-0.1, -0.05) is 17.7 Å². The van der Waals surface area contributed by atoms with Crippen LogP contribution in [0.25, 0.3) is 0 Å². The molecule has 1 aromatic carbocycles. The van der Waals surface area contributed by atoms with Crippen LogP contribution in [0.4, 0.5) is 0 Å². The Labute approximate surface area is 135 Å². The molecule has 3 rings (SSSR count). The van der Waals surface area contributed by atoms with E-state index in [4.69, 9.17) is 17.3 Å². The number of nitrogens with zero attached hydrogens (tertiary/aromatic N) is 2. The fourth-order valence-corrected chi connectivity index (χ4v) is 2.98. The summed E-state index contributed by atoms with van der Waals surface area (Å²) in [6.07, 6.45) is 2.31. The van der Waals surface area contributed by atoms with E-state index in [0.717, 1.165) is 19.3 Å². The molecule has 0 spiro atoms. The van der Waals surface area contributed by atoms with E-state index in [0.29, 0.717) is 36.8 Å². The number of amides is 2. The number of nitrogens with two attached hydrogens (primary N) is 1. The molecule has 0 aromatic heterocycles. The zero-order valence-electron chi connectivity index (χ0n) is 12.4. The van der Waals surface area contributed by atoms with Crippen molar-refractivity contribution in [3.63, 3.8) is 0 Å². The van der Waals surface area contributed by atoms with E-state index in [1.807, 2.05) is 0 Å². The van der Waals surface area contributed by atoms with Gasteiger partial charge >= 0.3 is 0 Å². The first-order chi connectivity index (χ1) is 10.5. The van der Waals surface area contributed by atoms with Gasteiger partial charge in [0.1, 0.15) is 0 Å². The molecule has 1 aliphatic carbocycles. The predicted molar refractivity (Wildman–Crippen MR) is 84.7 cm³/mol. The van der Waals surface area contributed by atoms with Crippen molar-refractivity contribution in [1.29, 1.82) is 0 Å². The van der Waals surface area contributed by atoms with Crippen molar-refractivity contribution < 1.29 is 9.59 Å². The van der Waals surface area contributed by atoms with Gasteiger partial charge in [0.2, 0.25) is 5.91 Å². The van der Waals surface area contributed by atoms with Gasteiger partial charge in [0.15, 0.2) is 0 Å². The average molecular weight is 322 g/mol. The lowest BCUT2D eigenvalue weighted by Gasteiger charge is -2.24. The minimum atomic E-state index is -0.633. The highest BCUT2D eigenvalue weighted by molar-refractivity contribution is 6.30. The van der Waals surface area contributed by atoms with Gasteiger partial charge in [0, 0.05) is 36.8 Å². The molecule has 1 aromatic rings. The lowest BCUT2D eigenvalue weighted by atomic mass is 10.2. The Bertz CT molecular complexity index is 601. The number of benzene rings is 1. The van der Waals surface area contributed by atoms with Gasteiger partial charge in [-0.25, -0.2) is 0 Å². The second-order valence-electron chi connectivity index (χ2n) is 6.10. The van der Waals surface area contributed by atoms with Crippen molar-refractivity contribution in [2.45, 2.75) is 24.8 Å². The second-order valence-corrected chi connectivity index (χ2v) is 6.54. The van der Waals surface area contributed by atoms with Crippen LogP contribution < -0.4 is 5.73 Å². The van der Waals surface area contributed by atoms with Gasteiger partial charge in [-0.2, -0.15) is 0 Å². The quantitative estimate of drug-likeness (QED) is 0.897. The molecule has 0 atom stereocenters. The van der Waals surface area contributed by atoms with Crippen LogP contribution in [0.2, 0.25) is 5.02 Å². The Morgan fingerprint density at radius 3 is 2.45 bits per heavy atom. The van der Waals surface area contributed by atoms with Gasteiger partial charge < -0.3 is 15.5 Å². The minimum Gasteiger partial charge on any atom is -0.339 e. The molecule has 2 fully saturated rings. The standard InChI is InChI=1S/C16H20ClN3O2/c17-13-4-1-3-12(11-13)14(21)19-7-2-8-20(10-9-19)15(22)16(18)5-6-16/h1,3-4,11H,2,5-10,18H2. The molecule has 6 heteroatoms. The smallest absolute Gasteiger partial charge is 0.253 e. The van der Waals surface area contributed by atoms with Crippen LogP contribution in [0.1, 0.15) is 29.6 Å². The number of hydrogen-bond donors (Lipinski definition) is 1. The fraction of sp³-hybridized carbons (Fsp3) is 0.500. The molecular weight excluding hydrogens is 302 g/mol. The van der Waals surface area contributed by atoms with E-state index in [2.05, 4.69) is 0 Å². The highest BCUT2D eigenvalue weighted by atomic mass is 35.5. The number of hydrogen-bond acceptors (Lipinski definition) is 3. The van der Waals surface area contributed by atoms with E-state index in [-0.39, 0.29) is 11.8 Å². The third-order valence-electron chi connectivity index (χ3n) is 4.36. The SMILES string of the molecule is NC1(C(=O)N2CCCN(C(=O)c3cccc(Cl)c3)CC2)CC1. The molecule has 118 valence electrons. The maximum absolute atomic E-state index is 12.5. The first-order valence-electron chi connectivity index (χ1n) is 7.63. The highest BCUT2D eigenvalue weighted by Crippen LogP contribution is 2.34. The molecule has 0 unspecified atom stereocenters. The Morgan fingerprint density at radius 2 is 1.77 bits per heavy atom. The maximum atomic E-state index is 12.5. The average Bonchev–Trinajstić information content (AvgIpc) is 3.29. The number of carbonyl (C=O) groups excluding carboxylic acids is 2. The molecule has 5 nitrogen and oxygen atoms in total. The van der Waals surface area contributed by atoms with E-state index >= 15 is 0 Å². The van der Waals surface area contributed by atoms with E-state index < -0.39 is 5.54 Å². The van der Waals surface area contributed by atoms with E-state index in [1.54, 1.807) is 34.1 Å². The zero-order chi connectivity index (χ0) is 15.7. The summed E-state index contributed by atoms with van der Waals surface area (Å²) in [6, 6.07) is 6.96. The summed E-state index contributed by atoms with van der Waals surface area (Å²) in [5, 5.41) is 0.552. The van der Waals surface area contributed by atoms with Crippen molar-refractivity contribution in [1.82, 2.24) is 9.80 Å². The van der Waals surface area contributed by atoms with Crippen LogP contribution >= 0.6 is 11.6 Å². The van der Waals surface area contributed by atoms with Gasteiger partial charge in [0.25, 0.3) is 5.91 Å². The fourth-order valence-electron chi connectivity index (χ4n) is 2.79. The summed E-state index contributed by atoms with van der Waals surface area (Å²) in [5.74, 6) is -0.00441. The highest BCUT2D eigenvalue weighted by Gasteiger charge is 2.48. The minimum absolute atomic E-state index is 0.0320. The Kier molecular flexibility index (Phi) is 4.10. The molecular formula is C16H20ClN3O2. The normalized spacial score (nSPS) is 20.5. The molecule has 22 heavy (non-hydrogen) atoms. The van der Waals surface area contributed by atoms with Gasteiger partial charge in [-0.3, -0.25) is 9.59 Å². The molecule has 2 N–H and O–H groups in total. The summed E-state index contributed by atoms with van der Waals surface area (Å²) in [7, 11) is 0. The first kappa shape index (κ1) is 15.3. The summed E-state index contributed by atoms with van der Waals surface area (Å²) in [6.45, 7) is 2.39. The van der Waals surface area contributed by atoms with Crippen LogP contribution in [-0.4, -0.2) is 53.3 Å². The van der Waals surface area contributed by atoms with E-state index in [1.165, 1.54) is 0 Å². The molecule has 1 saturated heterocycles. The van der Waals surface area contributed by atoms with Crippen molar-refractivity contribution in [2.24, 2.45) is 5.73 Å². The van der Waals surface area contributed by atoms with E-state index in [9.17, 15) is 9.59 Å².